The molecule has 1 N–H and O–H groups in total. The number of likely N-dealkylation sites (N-methyl/N-ethyl adjacent to an activating group) is 1. The Balaban J connectivity index is 1.85. The van der Waals surface area contributed by atoms with Crippen LogP contribution in [0.2, 0.25) is 0 Å². The van der Waals surface area contributed by atoms with Crippen molar-refractivity contribution < 1.29 is 9.90 Å². The van der Waals surface area contributed by atoms with Crippen LogP contribution in [0.4, 0.5) is 0 Å². The average molecular weight is 352 g/mol. The van der Waals surface area contributed by atoms with Crippen molar-refractivity contribution in [2.24, 2.45) is 5.92 Å². The summed E-state index contributed by atoms with van der Waals surface area (Å²) >= 11 is 0. The molecule has 2 atom stereocenters. The number of hydrogen-bond donors (Lipinski definition) is 1. The SMILES string of the molecule is CN(C)[C@@H]1CC[C@H](C(=O)O)CN(Cc2ccccc2-c2ccccc2)C1. The molecule has 138 valence electrons. The van der Waals surface area contributed by atoms with Gasteiger partial charge in [0.15, 0.2) is 0 Å². The van der Waals surface area contributed by atoms with E-state index in [0.717, 1.165) is 25.9 Å². The van der Waals surface area contributed by atoms with Gasteiger partial charge in [0.2, 0.25) is 0 Å². The summed E-state index contributed by atoms with van der Waals surface area (Å²) in [5.41, 5.74) is 3.68. The van der Waals surface area contributed by atoms with Crippen molar-refractivity contribution >= 4 is 5.97 Å². The fourth-order valence-corrected chi connectivity index (χ4v) is 3.81. The molecule has 4 nitrogen and oxygen atoms in total. The fourth-order valence-electron chi connectivity index (χ4n) is 3.81. The quantitative estimate of drug-likeness (QED) is 0.893. The summed E-state index contributed by atoms with van der Waals surface area (Å²) in [6, 6.07) is 19.2. The van der Waals surface area contributed by atoms with Crippen molar-refractivity contribution in [1.29, 1.82) is 0 Å². The molecule has 1 heterocycles. The molecule has 1 saturated heterocycles. The summed E-state index contributed by atoms with van der Waals surface area (Å²) in [6.07, 6.45) is 1.68. The zero-order chi connectivity index (χ0) is 18.5. The Bertz CT molecular complexity index is 730. The molecule has 1 fully saturated rings. The molecular formula is C22H28N2O2. The van der Waals surface area contributed by atoms with Gasteiger partial charge in [-0.2, -0.15) is 0 Å². The van der Waals surface area contributed by atoms with Gasteiger partial charge in [-0.3, -0.25) is 9.69 Å². The van der Waals surface area contributed by atoms with Gasteiger partial charge in [0, 0.05) is 25.7 Å². The highest BCUT2D eigenvalue weighted by molar-refractivity contribution is 5.70. The molecule has 2 aromatic carbocycles. The van der Waals surface area contributed by atoms with E-state index in [-0.39, 0.29) is 5.92 Å². The maximum atomic E-state index is 11.6. The number of nitrogens with zero attached hydrogens (tertiary/aromatic N) is 2. The molecule has 0 unspecified atom stereocenters. The van der Waals surface area contributed by atoms with Crippen LogP contribution in [0, 0.1) is 5.92 Å². The second-order valence-electron chi connectivity index (χ2n) is 7.45. The Kier molecular flexibility index (Phi) is 6.07. The lowest BCUT2D eigenvalue weighted by molar-refractivity contribution is -0.142. The second-order valence-corrected chi connectivity index (χ2v) is 7.45. The first kappa shape index (κ1) is 18.6. The van der Waals surface area contributed by atoms with E-state index < -0.39 is 5.97 Å². The van der Waals surface area contributed by atoms with E-state index in [1.54, 1.807) is 0 Å². The topological polar surface area (TPSA) is 43.8 Å². The summed E-state index contributed by atoms with van der Waals surface area (Å²) in [6.45, 7) is 2.29. The summed E-state index contributed by atoms with van der Waals surface area (Å²) in [5, 5.41) is 9.56. The number of carbonyl (C=O) groups is 1. The molecule has 0 amide bonds. The van der Waals surface area contributed by atoms with E-state index in [1.807, 2.05) is 6.07 Å². The maximum Gasteiger partial charge on any atom is 0.307 e. The van der Waals surface area contributed by atoms with Gasteiger partial charge >= 0.3 is 5.97 Å². The van der Waals surface area contributed by atoms with Crippen LogP contribution in [0.5, 0.6) is 0 Å². The molecular weight excluding hydrogens is 324 g/mol. The van der Waals surface area contributed by atoms with E-state index in [4.69, 9.17) is 0 Å². The standard InChI is InChI=1S/C22H28N2O2/c1-23(2)20-13-12-19(22(25)26)15-24(16-20)14-18-10-6-7-11-21(18)17-8-4-3-5-9-17/h3-11,19-20H,12-16H2,1-2H3,(H,25,26)/t19-,20+/m0/s1. The number of aliphatic carboxylic acids is 1. The Labute approximate surface area is 156 Å². The van der Waals surface area contributed by atoms with Gasteiger partial charge in [-0.15, -0.1) is 0 Å². The number of carboxylic acid groups (broad SMARTS) is 1. The molecule has 26 heavy (non-hydrogen) atoms. The smallest absolute Gasteiger partial charge is 0.307 e. The van der Waals surface area contributed by atoms with Gasteiger partial charge < -0.3 is 10.0 Å². The van der Waals surface area contributed by atoms with Crippen LogP contribution in [-0.4, -0.2) is 54.1 Å². The monoisotopic (exact) mass is 352 g/mol. The predicted molar refractivity (Wildman–Crippen MR) is 105 cm³/mol. The highest BCUT2D eigenvalue weighted by Gasteiger charge is 2.29. The largest absolute Gasteiger partial charge is 0.481 e. The van der Waals surface area contributed by atoms with Gasteiger partial charge in [0.05, 0.1) is 5.92 Å². The summed E-state index contributed by atoms with van der Waals surface area (Å²) in [4.78, 5) is 16.2. The normalized spacial score (nSPS) is 21.5. The van der Waals surface area contributed by atoms with Crippen molar-refractivity contribution in [3.63, 3.8) is 0 Å². The lowest BCUT2D eigenvalue weighted by atomic mass is 9.99. The lowest BCUT2D eigenvalue weighted by Gasteiger charge is -2.29. The average Bonchev–Trinajstić information content (AvgIpc) is 2.86. The zero-order valence-electron chi connectivity index (χ0n) is 15.6. The zero-order valence-corrected chi connectivity index (χ0v) is 15.6. The number of rotatable bonds is 5. The molecule has 0 aromatic heterocycles. The predicted octanol–water partition coefficient (Wildman–Crippen LogP) is 3.58. The molecule has 0 radical (unpaired) electrons. The van der Waals surface area contributed by atoms with E-state index in [1.165, 1.54) is 16.7 Å². The van der Waals surface area contributed by atoms with Crippen LogP contribution in [0.15, 0.2) is 54.6 Å². The first-order valence-electron chi connectivity index (χ1n) is 9.29. The van der Waals surface area contributed by atoms with Crippen molar-refractivity contribution in [3.05, 3.63) is 60.2 Å². The minimum atomic E-state index is -0.675. The number of carboxylic acids is 1. The molecule has 4 heteroatoms. The molecule has 0 spiro atoms. The van der Waals surface area contributed by atoms with Gasteiger partial charge in [0.25, 0.3) is 0 Å². The first-order valence-corrected chi connectivity index (χ1v) is 9.29. The van der Waals surface area contributed by atoms with Crippen LogP contribution >= 0.6 is 0 Å². The Morgan fingerprint density at radius 1 is 1.04 bits per heavy atom. The van der Waals surface area contributed by atoms with Crippen molar-refractivity contribution in [3.8, 4) is 11.1 Å². The summed E-state index contributed by atoms with van der Waals surface area (Å²) in [7, 11) is 4.17. The Morgan fingerprint density at radius 2 is 1.73 bits per heavy atom. The van der Waals surface area contributed by atoms with E-state index in [2.05, 4.69) is 72.4 Å². The Hall–Kier alpha value is -2.17. The third-order valence-corrected chi connectivity index (χ3v) is 5.37. The Morgan fingerprint density at radius 3 is 2.42 bits per heavy atom. The summed E-state index contributed by atoms with van der Waals surface area (Å²) < 4.78 is 0. The van der Waals surface area contributed by atoms with Gasteiger partial charge in [-0.1, -0.05) is 54.6 Å². The highest BCUT2D eigenvalue weighted by Crippen LogP contribution is 2.27. The van der Waals surface area contributed by atoms with Crippen molar-refractivity contribution in [2.45, 2.75) is 25.4 Å². The second kappa shape index (κ2) is 8.47. The minimum Gasteiger partial charge on any atom is -0.481 e. The van der Waals surface area contributed by atoms with Crippen molar-refractivity contribution in [2.75, 3.05) is 27.2 Å². The fraction of sp³-hybridized carbons (Fsp3) is 0.409. The minimum absolute atomic E-state index is 0.288. The van der Waals surface area contributed by atoms with Crippen LogP contribution in [0.25, 0.3) is 11.1 Å². The van der Waals surface area contributed by atoms with Crippen LogP contribution in [-0.2, 0) is 11.3 Å². The van der Waals surface area contributed by atoms with Crippen LogP contribution in [0.1, 0.15) is 18.4 Å². The maximum absolute atomic E-state index is 11.6. The van der Waals surface area contributed by atoms with E-state index in [9.17, 15) is 9.90 Å². The van der Waals surface area contributed by atoms with E-state index >= 15 is 0 Å². The number of likely N-dealkylation sites (tertiary alicyclic amines) is 1. The molecule has 2 aromatic rings. The third kappa shape index (κ3) is 4.51. The molecule has 0 aliphatic carbocycles. The lowest BCUT2D eigenvalue weighted by Crippen LogP contribution is -2.39. The number of hydrogen-bond acceptors (Lipinski definition) is 3. The van der Waals surface area contributed by atoms with E-state index in [0.29, 0.717) is 12.6 Å². The molecule has 0 saturated carbocycles. The molecule has 0 bridgehead atoms. The van der Waals surface area contributed by atoms with Gasteiger partial charge in [-0.05, 0) is 43.6 Å². The van der Waals surface area contributed by atoms with Crippen molar-refractivity contribution in [1.82, 2.24) is 9.80 Å². The van der Waals surface area contributed by atoms with Crippen LogP contribution < -0.4 is 0 Å². The van der Waals surface area contributed by atoms with Crippen LogP contribution in [0.3, 0.4) is 0 Å². The highest BCUT2D eigenvalue weighted by atomic mass is 16.4. The van der Waals surface area contributed by atoms with Gasteiger partial charge in [-0.25, -0.2) is 0 Å². The third-order valence-electron chi connectivity index (χ3n) is 5.37. The van der Waals surface area contributed by atoms with Gasteiger partial charge in [0.1, 0.15) is 0 Å². The molecule has 1 aliphatic heterocycles. The molecule has 3 rings (SSSR count). The number of benzene rings is 2. The summed E-state index contributed by atoms with van der Waals surface area (Å²) in [5.74, 6) is -0.963. The first-order chi connectivity index (χ1) is 12.5. The molecule has 1 aliphatic rings.